The molecule has 1 aromatic rings. The molecule has 0 spiro atoms. The van der Waals surface area contributed by atoms with E-state index >= 15 is 0 Å². The average Bonchev–Trinajstić information content (AvgIpc) is 2.25. The predicted molar refractivity (Wildman–Crippen MR) is 75.0 cm³/mol. The Kier molecular flexibility index (Phi) is 4.66. The normalized spacial score (nSPS) is 12.3. The van der Waals surface area contributed by atoms with Crippen molar-refractivity contribution in [1.82, 2.24) is 9.97 Å². The summed E-state index contributed by atoms with van der Waals surface area (Å²) < 4.78 is 21.7. The number of nitrogens with zero attached hydrogens (tertiary/aromatic N) is 2. The largest absolute Gasteiger partial charge is 0.369 e. The number of primary sulfonamides is 1. The second-order valence-electron chi connectivity index (χ2n) is 5.15. The van der Waals surface area contributed by atoms with Crippen LogP contribution >= 0.6 is 0 Å². The molecule has 19 heavy (non-hydrogen) atoms. The molecule has 0 atom stereocenters. The molecule has 8 nitrogen and oxygen atoms in total. The lowest BCUT2D eigenvalue weighted by atomic mass is 9.96. The molecule has 0 amide bonds. The van der Waals surface area contributed by atoms with E-state index in [4.69, 9.17) is 11.0 Å². The van der Waals surface area contributed by atoms with Gasteiger partial charge in [0.05, 0.1) is 5.75 Å². The van der Waals surface area contributed by atoms with E-state index in [0.717, 1.165) is 0 Å². The van der Waals surface area contributed by atoms with Crippen LogP contribution in [0.5, 0.6) is 0 Å². The van der Waals surface area contributed by atoms with Crippen LogP contribution in [0.4, 0.5) is 11.6 Å². The van der Waals surface area contributed by atoms with Crippen molar-refractivity contribution in [3.8, 4) is 0 Å². The van der Waals surface area contributed by atoms with Gasteiger partial charge in [-0.15, -0.1) is 0 Å². The number of nitrogen functional groups attached to an aromatic ring is 1. The van der Waals surface area contributed by atoms with Gasteiger partial charge in [-0.05, 0) is 0 Å². The van der Waals surface area contributed by atoms with E-state index in [0.29, 0.717) is 17.5 Å². The summed E-state index contributed by atoms with van der Waals surface area (Å²) >= 11 is 0. The molecule has 1 aromatic heterocycles. The van der Waals surface area contributed by atoms with E-state index < -0.39 is 10.0 Å². The van der Waals surface area contributed by atoms with Gasteiger partial charge in [0.25, 0.3) is 0 Å². The van der Waals surface area contributed by atoms with E-state index in [1.54, 1.807) is 6.07 Å². The minimum Gasteiger partial charge on any atom is -0.369 e. The van der Waals surface area contributed by atoms with Gasteiger partial charge in [0, 0.05) is 18.0 Å². The highest BCUT2D eigenvalue weighted by Gasteiger charge is 2.19. The maximum atomic E-state index is 10.8. The Bertz CT molecular complexity index is 537. The monoisotopic (exact) mass is 288 g/mol. The van der Waals surface area contributed by atoms with Gasteiger partial charge in [-0.1, -0.05) is 20.8 Å². The SMILES string of the molecule is CC(C)(C)c1nc(NN)cc(NCCS(N)(=O)=O)n1. The molecule has 6 N–H and O–H groups in total. The maximum absolute atomic E-state index is 10.8. The van der Waals surface area contributed by atoms with Crippen molar-refractivity contribution >= 4 is 21.7 Å². The van der Waals surface area contributed by atoms with Crippen molar-refractivity contribution in [1.29, 1.82) is 0 Å². The molecule has 0 unspecified atom stereocenters. The van der Waals surface area contributed by atoms with Crippen molar-refractivity contribution in [3.63, 3.8) is 0 Å². The third kappa shape index (κ3) is 5.37. The fraction of sp³-hybridized carbons (Fsp3) is 0.600. The lowest BCUT2D eigenvalue weighted by molar-refractivity contribution is 0.546. The standard InChI is InChI=1S/C10H20N6O2S/c1-10(2,3)9-14-7(6-8(15-9)16-11)13-4-5-19(12,17)18/h6H,4-5,11H2,1-3H3,(H2,12,17,18)(H2,13,14,15,16). The number of hydrogen-bond acceptors (Lipinski definition) is 7. The highest BCUT2D eigenvalue weighted by atomic mass is 32.2. The van der Waals surface area contributed by atoms with E-state index in [1.165, 1.54) is 0 Å². The summed E-state index contributed by atoms with van der Waals surface area (Å²) in [5.74, 6) is 6.72. The molecular formula is C10H20N6O2S. The van der Waals surface area contributed by atoms with Crippen molar-refractivity contribution in [2.24, 2.45) is 11.0 Å². The zero-order valence-electron chi connectivity index (χ0n) is 11.3. The van der Waals surface area contributed by atoms with Crippen molar-refractivity contribution < 1.29 is 8.42 Å². The van der Waals surface area contributed by atoms with E-state index in [2.05, 4.69) is 20.7 Å². The minimum atomic E-state index is -3.49. The van der Waals surface area contributed by atoms with Crippen LogP contribution in [0.2, 0.25) is 0 Å². The van der Waals surface area contributed by atoms with Crippen molar-refractivity contribution in [2.45, 2.75) is 26.2 Å². The smallest absolute Gasteiger partial charge is 0.210 e. The fourth-order valence-electron chi connectivity index (χ4n) is 1.27. The Morgan fingerprint density at radius 3 is 2.32 bits per heavy atom. The molecule has 1 heterocycles. The quantitative estimate of drug-likeness (QED) is 0.433. The summed E-state index contributed by atoms with van der Waals surface area (Å²) in [7, 11) is -3.49. The summed E-state index contributed by atoms with van der Waals surface area (Å²) in [6.07, 6.45) is 0. The van der Waals surface area contributed by atoms with Crippen LogP contribution in [-0.2, 0) is 15.4 Å². The number of nitrogens with two attached hydrogens (primary N) is 2. The Balaban J connectivity index is 2.89. The minimum absolute atomic E-state index is 0.170. The first-order chi connectivity index (χ1) is 8.62. The predicted octanol–water partition coefficient (Wildman–Crippen LogP) is -0.240. The molecule has 0 aromatic carbocycles. The zero-order valence-corrected chi connectivity index (χ0v) is 12.1. The van der Waals surface area contributed by atoms with Gasteiger partial charge in [0.1, 0.15) is 17.5 Å². The van der Waals surface area contributed by atoms with E-state index in [1.807, 2.05) is 20.8 Å². The van der Waals surface area contributed by atoms with Gasteiger partial charge in [-0.2, -0.15) is 0 Å². The molecular weight excluding hydrogens is 268 g/mol. The molecule has 0 aliphatic heterocycles. The number of anilines is 2. The summed E-state index contributed by atoms with van der Waals surface area (Å²) in [6, 6.07) is 1.60. The van der Waals surface area contributed by atoms with Crippen LogP contribution < -0.4 is 21.7 Å². The van der Waals surface area contributed by atoms with Crippen LogP contribution in [0, 0.1) is 0 Å². The van der Waals surface area contributed by atoms with E-state index in [9.17, 15) is 8.42 Å². The molecule has 1 rings (SSSR count). The summed E-state index contributed by atoms with van der Waals surface area (Å²) in [5, 5.41) is 7.80. The lowest BCUT2D eigenvalue weighted by Crippen LogP contribution is -2.24. The molecule has 0 saturated carbocycles. The first kappa shape index (κ1) is 15.6. The van der Waals surface area contributed by atoms with Crippen LogP contribution in [0.3, 0.4) is 0 Å². The number of sulfonamides is 1. The third-order valence-electron chi connectivity index (χ3n) is 2.24. The Labute approximate surface area is 113 Å². The number of aromatic nitrogens is 2. The first-order valence-electron chi connectivity index (χ1n) is 5.72. The summed E-state index contributed by atoms with van der Waals surface area (Å²) in [5.41, 5.74) is 2.21. The maximum Gasteiger partial charge on any atom is 0.210 e. The Morgan fingerprint density at radius 2 is 1.84 bits per heavy atom. The highest BCUT2D eigenvalue weighted by Crippen LogP contribution is 2.21. The van der Waals surface area contributed by atoms with Gasteiger partial charge < -0.3 is 10.7 Å². The van der Waals surface area contributed by atoms with Gasteiger partial charge in [0.2, 0.25) is 10.0 Å². The number of rotatable bonds is 5. The van der Waals surface area contributed by atoms with Crippen LogP contribution in [0.15, 0.2) is 6.07 Å². The molecule has 0 fully saturated rings. The van der Waals surface area contributed by atoms with Crippen molar-refractivity contribution in [3.05, 3.63) is 11.9 Å². The Morgan fingerprint density at radius 1 is 1.26 bits per heavy atom. The summed E-state index contributed by atoms with van der Waals surface area (Å²) in [4.78, 5) is 8.57. The van der Waals surface area contributed by atoms with E-state index in [-0.39, 0.29) is 17.7 Å². The second kappa shape index (κ2) is 5.68. The molecule has 0 aliphatic rings. The highest BCUT2D eigenvalue weighted by molar-refractivity contribution is 7.89. The van der Waals surface area contributed by atoms with Crippen LogP contribution in [-0.4, -0.2) is 30.7 Å². The average molecular weight is 288 g/mol. The molecule has 108 valence electrons. The van der Waals surface area contributed by atoms with Gasteiger partial charge in [-0.25, -0.2) is 29.4 Å². The third-order valence-corrected chi connectivity index (χ3v) is 3.01. The van der Waals surface area contributed by atoms with Crippen LogP contribution in [0.1, 0.15) is 26.6 Å². The first-order valence-corrected chi connectivity index (χ1v) is 7.44. The van der Waals surface area contributed by atoms with Gasteiger partial charge >= 0.3 is 0 Å². The van der Waals surface area contributed by atoms with Crippen LogP contribution in [0.25, 0.3) is 0 Å². The number of hydrazine groups is 1. The molecule has 0 saturated heterocycles. The van der Waals surface area contributed by atoms with Gasteiger partial charge in [0.15, 0.2) is 0 Å². The molecule has 9 heteroatoms. The summed E-state index contributed by atoms with van der Waals surface area (Å²) in [6.45, 7) is 6.08. The topological polar surface area (TPSA) is 136 Å². The zero-order chi connectivity index (χ0) is 14.7. The molecule has 0 bridgehead atoms. The molecule has 0 aliphatic carbocycles. The van der Waals surface area contributed by atoms with Crippen molar-refractivity contribution in [2.75, 3.05) is 23.0 Å². The second-order valence-corrected chi connectivity index (χ2v) is 6.88. The Hall–Kier alpha value is -1.45. The lowest BCUT2D eigenvalue weighted by Gasteiger charge is -2.18. The number of nitrogens with one attached hydrogen (secondary N) is 2. The number of hydrogen-bond donors (Lipinski definition) is 4. The molecule has 0 radical (unpaired) electrons. The van der Waals surface area contributed by atoms with Gasteiger partial charge in [-0.3, -0.25) is 0 Å². The fourth-order valence-corrected chi connectivity index (χ4v) is 1.66.